The summed E-state index contributed by atoms with van der Waals surface area (Å²) in [6.07, 6.45) is 0. The van der Waals surface area contributed by atoms with E-state index in [1.165, 1.54) is 43.8 Å². The Kier molecular flexibility index (Phi) is 7.18. The van der Waals surface area contributed by atoms with E-state index < -0.39 is 0 Å². The molecule has 0 spiro atoms. The summed E-state index contributed by atoms with van der Waals surface area (Å²) in [4.78, 5) is 2.37. The monoisotopic (exact) mass is 663 g/mol. The van der Waals surface area contributed by atoms with Crippen LogP contribution in [0.15, 0.2) is 205 Å². The van der Waals surface area contributed by atoms with Crippen LogP contribution in [0.3, 0.4) is 0 Å². The molecular weight excluding hydrogens is 631 g/mol. The van der Waals surface area contributed by atoms with Crippen LogP contribution in [0.5, 0.6) is 0 Å². The van der Waals surface area contributed by atoms with Crippen LogP contribution in [-0.4, -0.2) is 0 Å². The van der Waals surface area contributed by atoms with Crippen molar-refractivity contribution >= 4 is 60.5 Å². The van der Waals surface area contributed by atoms with Gasteiger partial charge in [-0.3, -0.25) is 0 Å². The lowest BCUT2D eigenvalue weighted by Gasteiger charge is -2.27. The van der Waals surface area contributed by atoms with E-state index in [4.69, 9.17) is 4.42 Å². The fraction of sp³-hybridized carbons (Fsp3) is 0. The van der Waals surface area contributed by atoms with E-state index in [0.717, 1.165) is 50.1 Å². The summed E-state index contributed by atoms with van der Waals surface area (Å²) in [5.41, 5.74) is 12.1. The largest absolute Gasteiger partial charge is 0.455 e. The van der Waals surface area contributed by atoms with E-state index in [1.54, 1.807) is 0 Å². The number of benzene rings is 9. The van der Waals surface area contributed by atoms with Gasteiger partial charge in [-0.1, -0.05) is 158 Å². The predicted octanol–water partition coefficient (Wildman–Crippen LogP) is 14.4. The molecule has 0 bridgehead atoms. The van der Waals surface area contributed by atoms with Crippen molar-refractivity contribution in [2.45, 2.75) is 0 Å². The maximum absolute atomic E-state index is 6.48. The Morgan fingerprint density at radius 1 is 0.308 bits per heavy atom. The minimum Gasteiger partial charge on any atom is -0.455 e. The minimum absolute atomic E-state index is 0.903. The molecule has 0 N–H and O–H groups in total. The lowest BCUT2D eigenvalue weighted by molar-refractivity contribution is 0.670. The predicted molar refractivity (Wildman–Crippen MR) is 220 cm³/mol. The maximum atomic E-state index is 6.48. The van der Waals surface area contributed by atoms with Crippen LogP contribution in [0.1, 0.15) is 0 Å². The van der Waals surface area contributed by atoms with E-state index in [2.05, 4.69) is 193 Å². The number of furan rings is 1. The van der Waals surface area contributed by atoms with Gasteiger partial charge < -0.3 is 9.32 Å². The topological polar surface area (TPSA) is 16.4 Å². The second-order valence-corrected chi connectivity index (χ2v) is 13.3. The molecular formula is C50H33NO. The summed E-state index contributed by atoms with van der Waals surface area (Å²) in [6.45, 7) is 0. The third-order valence-electron chi connectivity index (χ3n) is 10.2. The zero-order chi connectivity index (χ0) is 34.4. The Labute approximate surface area is 302 Å². The Morgan fingerprint density at radius 2 is 0.827 bits per heavy atom. The zero-order valence-electron chi connectivity index (χ0n) is 28.4. The quantitative estimate of drug-likeness (QED) is 0.165. The van der Waals surface area contributed by atoms with Gasteiger partial charge in [0.1, 0.15) is 11.2 Å². The maximum Gasteiger partial charge on any atom is 0.143 e. The lowest BCUT2D eigenvalue weighted by Crippen LogP contribution is -2.10. The third kappa shape index (κ3) is 4.96. The molecule has 0 radical (unpaired) electrons. The standard InChI is InChI=1S/C50H33NO/c1-4-16-34(17-5-1)48-44-26-11-10-24-41(44)42-31-30-39(33-46(42)49(48)35-18-6-2-7-19-35)51(37-21-8-3-9-22-37)38-23-14-20-36(32-38)40-27-15-28-45-43-25-12-13-29-47(43)52-50(40)45/h1-33H. The van der Waals surface area contributed by atoms with Gasteiger partial charge in [0, 0.05) is 33.4 Å². The van der Waals surface area contributed by atoms with Gasteiger partial charge in [0.2, 0.25) is 0 Å². The first-order valence-corrected chi connectivity index (χ1v) is 17.8. The van der Waals surface area contributed by atoms with Gasteiger partial charge in [-0.15, -0.1) is 0 Å². The van der Waals surface area contributed by atoms with E-state index in [-0.39, 0.29) is 0 Å². The van der Waals surface area contributed by atoms with Gasteiger partial charge in [-0.2, -0.15) is 0 Å². The Morgan fingerprint density at radius 3 is 1.58 bits per heavy atom. The van der Waals surface area contributed by atoms with E-state index in [9.17, 15) is 0 Å². The number of rotatable bonds is 6. The van der Waals surface area contributed by atoms with Crippen molar-refractivity contribution < 1.29 is 4.42 Å². The molecule has 0 atom stereocenters. The number of para-hydroxylation sites is 3. The molecule has 52 heavy (non-hydrogen) atoms. The second-order valence-electron chi connectivity index (χ2n) is 13.3. The van der Waals surface area contributed by atoms with Crippen LogP contribution in [0, 0.1) is 0 Å². The molecule has 0 amide bonds. The zero-order valence-corrected chi connectivity index (χ0v) is 28.4. The van der Waals surface area contributed by atoms with E-state index in [0.29, 0.717) is 0 Å². The van der Waals surface area contributed by atoms with Gasteiger partial charge in [0.15, 0.2) is 0 Å². The van der Waals surface area contributed by atoms with Crippen molar-refractivity contribution in [3.8, 4) is 33.4 Å². The molecule has 0 aliphatic rings. The van der Waals surface area contributed by atoms with Crippen molar-refractivity contribution in [2.24, 2.45) is 0 Å². The molecule has 2 heteroatoms. The summed E-state index contributed by atoms with van der Waals surface area (Å²) in [5, 5.41) is 7.20. The van der Waals surface area contributed by atoms with Crippen molar-refractivity contribution in [1.29, 1.82) is 0 Å². The summed E-state index contributed by atoms with van der Waals surface area (Å²) < 4.78 is 6.48. The van der Waals surface area contributed by atoms with Crippen molar-refractivity contribution in [3.05, 3.63) is 200 Å². The summed E-state index contributed by atoms with van der Waals surface area (Å²) in [7, 11) is 0. The molecule has 1 heterocycles. The van der Waals surface area contributed by atoms with E-state index in [1.807, 2.05) is 12.1 Å². The summed E-state index contributed by atoms with van der Waals surface area (Å²) in [5.74, 6) is 0. The van der Waals surface area contributed by atoms with Crippen LogP contribution in [0.4, 0.5) is 17.1 Å². The van der Waals surface area contributed by atoms with Gasteiger partial charge >= 0.3 is 0 Å². The fourth-order valence-electron chi connectivity index (χ4n) is 7.94. The fourth-order valence-corrected chi connectivity index (χ4v) is 7.94. The molecule has 10 aromatic rings. The highest BCUT2D eigenvalue weighted by atomic mass is 16.3. The van der Waals surface area contributed by atoms with Crippen LogP contribution < -0.4 is 4.90 Å². The highest BCUT2D eigenvalue weighted by Crippen LogP contribution is 2.47. The smallest absolute Gasteiger partial charge is 0.143 e. The highest BCUT2D eigenvalue weighted by molar-refractivity contribution is 6.22. The van der Waals surface area contributed by atoms with Crippen molar-refractivity contribution in [3.63, 3.8) is 0 Å². The molecule has 0 saturated heterocycles. The number of anilines is 3. The molecule has 0 saturated carbocycles. The molecule has 10 rings (SSSR count). The Balaban J connectivity index is 1.23. The van der Waals surface area contributed by atoms with Crippen LogP contribution in [0.25, 0.3) is 76.9 Å². The molecule has 0 unspecified atom stereocenters. The highest BCUT2D eigenvalue weighted by Gasteiger charge is 2.21. The first-order valence-electron chi connectivity index (χ1n) is 17.8. The normalized spacial score (nSPS) is 11.5. The van der Waals surface area contributed by atoms with Crippen LogP contribution in [-0.2, 0) is 0 Å². The Hall–Kier alpha value is -6.90. The SMILES string of the molecule is c1ccc(-c2c(-c3ccccc3)c3cc(N(c4ccccc4)c4cccc(-c5cccc6c5oc5ccccc56)c4)ccc3c3ccccc23)cc1. The number of hydrogen-bond acceptors (Lipinski definition) is 2. The molecule has 0 aliphatic carbocycles. The van der Waals surface area contributed by atoms with E-state index >= 15 is 0 Å². The Bertz CT molecular complexity index is 2890. The van der Waals surface area contributed by atoms with Crippen molar-refractivity contribution in [2.75, 3.05) is 4.90 Å². The third-order valence-corrected chi connectivity index (χ3v) is 10.2. The first-order chi connectivity index (χ1) is 25.8. The van der Waals surface area contributed by atoms with Gasteiger partial charge in [-0.05, 0) is 91.8 Å². The average molecular weight is 664 g/mol. The number of hydrogen-bond donors (Lipinski definition) is 0. The number of nitrogens with zero attached hydrogens (tertiary/aromatic N) is 1. The lowest BCUT2D eigenvalue weighted by atomic mass is 9.85. The molecule has 0 fully saturated rings. The second kappa shape index (κ2) is 12.5. The van der Waals surface area contributed by atoms with Gasteiger partial charge in [0.05, 0.1) is 0 Å². The van der Waals surface area contributed by atoms with Gasteiger partial charge in [0.25, 0.3) is 0 Å². The van der Waals surface area contributed by atoms with Crippen LogP contribution >= 0.6 is 0 Å². The average Bonchev–Trinajstić information content (AvgIpc) is 3.61. The molecule has 1 aromatic heterocycles. The summed E-state index contributed by atoms with van der Waals surface area (Å²) in [6, 6.07) is 71.7. The molecule has 9 aromatic carbocycles. The molecule has 244 valence electrons. The summed E-state index contributed by atoms with van der Waals surface area (Å²) >= 11 is 0. The number of fused-ring (bicyclic) bond motifs is 6. The molecule has 0 aliphatic heterocycles. The first kappa shape index (κ1) is 30.0. The van der Waals surface area contributed by atoms with Gasteiger partial charge in [-0.25, -0.2) is 0 Å². The minimum atomic E-state index is 0.903. The van der Waals surface area contributed by atoms with Crippen LogP contribution in [0.2, 0.25) is 0 Å². The van der Waals surface area contributed by atoms with Crippen molar-refractivity contribution in [1.82, 2.24) is 0 Å². The molecule has 2 nitrogen and oxygen atoms in total.